The molecule has 0 aliphatic heterocycles. The van der Waals surface area contributed by atoms with Crippen molar-refractivity contribution in [2.45, 2.75) is 19.3 Å². The highest BCUT2D eigenvalue weighted by molar-refractivity contribution is 5.80. The molecule has 0 fully saturated rings. The maximum Gasteiger partial charge on any atom is 0.434 e. The van der Waals surface area contributed by atoms with Crippen molar-refractivity contribution < 1.29 is 26.3 Å². The van der Waals surface area contributed by atoms with Crippen LogP contribution in [0.4, 0.5) is 26.3 Å². The highest BCUT2D eigenvalue weighted by Crippen LogP contribution is 2.39. The van der Waals surface area contributed by atoms with Gasteiger partial charge in [-0.05, 0) is 24.6 Å². The molecule has 0 unspecified atom stereocenters. The topological polar surface area (TPSA) is 30.2 Å². The number of alkyl halides is 6. The van der Waals surface area contributed by atoms with E-state index in [1.165, 1.54) is 31.2 Å². The minimum absolute atomic E-state index is 0.0640. The fourth-order valence-corrected chi connectivity index (χ4v) is 2.40. The Morgan fingerprint density at radius 3 is 2.21 bits per heavy atom. The summed E-state index contributed by atoms with van der Waals surface area (Å²) in [4.78, 5) is 3.43. The summed E-state index contributed by atoms with van der Waals surface area (Å²) in [5, 5.41) is 3.86. The summed E-state index contributed by atoms with van der Waals surface area (Å²) < 4.78 is 79.0. The van der Waals surface area contributed by atoms with Crippen molar-refractivity contribution in [2.24, 2.45) is 0 Å². The summed E-state index contributed by atoms with van der Waals surface area (Å²) in [7, 11) is 0. The summed E-state index contributed by atoms with van der Waals surface area (Å²) in [5.41, 5.74) is -2.50. The van der Waals surface area contributed by atoms with E-state index in [0.29, 0.717) is 6.20 Å². The van der Waals surface area contributed by atoms with E-state index in [1.54, 1.807) is 0 Å². The van der Waals surface area contributed by atoms with Crippen molar-refractivity contribution in [3.8, 4) is 11.1 Å². The Kier molecular flexibility index (Phi) is 3.54. The molecule has 2 aromatic heterocycles. The van der Waals surface area contributed by atoms with E-state index < -0.39 is 23.6 Å². The highest BCUT2D eigenvalue weighted by Gasteiger charge is 2.36. The first kappa shape index (κ1) is 16.3. The second kappa shape index (κ2) is 5.22. The molecule has 3 aromatic rings. The van der Waals surface area contributed by atoms with Crippen LogP contribution in [0, 0.1) is 6.92 Å². The number of benzene rings is 1. The van der Waals surface area contributed by atoms with Crippen molar-refractivity contribution in [1.82, 2.24) is 14.6 Å². The zero-order valence-electron chi connectivity index (χ0n) is 12.1. The standard InChI is InChI=1S/C15H9F6N3/c1-8-6-10(9-4-2-3-5-11(9)14(16,17)18)13-22-12(15(19,20)21)7-24(13)23-8/h2-7H,1H3. The molecule has 2 heterocycles. The maximum atomic E-state index is 13.2. The maximum absolute atomic E-state index is 13.2. The Morgan fingerprint density at radius 2 is 1.58 bits per heavy atom. The van der Waals surface area contributed by atoms with Gasteiger partial charge in [0.25, 0.3) is 0 Å². The zero-order valence-corrected chi connectivity index (χ0v) is 12.1. The number of hydrogen-bond acceptors (Lipinski definition) is 2. The molecule has 3 rings (SSSR count). The third kappa shape index (κ3) is 2.81. The summed E-state index contributed by atoms with van der Waals surface area (Å²) in [5.74, 6) is 0. The van der Waals surface area contributed by atoms with E-state index in [1.807, 2.05) is 0 Å². The van der Waals surface area contributed by atoms with Gasteiger partial charge in [0.1, 0.15) is 0 Å². The fraction of sp³-hybridized carbons (Fsp3) is 0.200. The first-order valence-electron chi connectivity index (χ1n) is 6.68. The number of aryl methyl sites for hydroxylation is 1. The van der Waals surface area contributed by atoms with E-state index in [4.69, 9.17) is 0 Å². The largest absolute Gasteiger partial charge is 0.434 e. The predicted octanol–water partition coefficient (Wildman–Crippen LogP) is 4.74. The highest BCUT2D eigenvalue weighted by atomic mass is 19.4. The van der Waals surface area contributed by atoms with Gasteiger partial charge >= 0.3 is 12.4 Å². The number of nitrogens with zero attached hydrogens (tertiary/aromatic N) is 3. The quantitative estimate of drug-likeness (QED) is 0.596. The fourth-order valence-electron chi connectivity index (χ4n) is 2.40. The van der Waals surface area contributed by atoms with Crippen molar-refractivity contribution in [1.29, 1.82) is 0 Å². The molecule has 0 bridgehead atoms. The van der Waals surface area contributed by atoms with Crippen LogP contribution >= 0.6 is 0 Å². The molecule has 0 saturated carbocycles. The van der Waals surface area contributed by atoms with Gasteiger partial charge in [-0.2, -0.15) is 31.4 Å². The zero-order chi connectivity index (χ0) is 17.7. The van der Waals surface area contributed by atoms with Gasteiger partial charge < -0.3 is 0 Å². The van der Waals surface area contributed by atoms with Gasteiger partial charge in [0.2, 0.25) is 0 Å². The van der Waals surface area contributed by atoms with E-state index in [0.717, 1.165) is 10.6 Å². The average Bonchev–Trinajstić information content (AvgIpc) is 2.89. The van der Waals surface area contributed by atoms with Crippen LogP contribution in [-0.2, 0) is 12.4 Å². The van der Waals surface area contributed by atoms with E-state index in [9.17, 15) is 26.3 Å². The van der Waals surface area contributed by atoms with Crippen molar-refractivity contribution in [3.63, 3.8) is 0 Å². The van der Waals surface area contributed by atoms with E-state index >= 15 is 0 Å². The number of fused-ring (bicyclic) bond motifs is 1. The number of rotatable bonds is 1. The molecule has 9 heteroatoms. The van der Waals surface area contributed by atoms with Crippen LogP contribution in [0.25, 0.3) is 16.8 Å². The van der Waals surface area contributed by atoms with Crippen molar-refractivity contribution in [2.75, 3.05) is 0 Å². The number of aromatic nitrogens is 3. The van der Waals surface area contributed by atoms with Gasteiger partial charge in [-0.3, -0.25) is 0 Å². The Balaban J connectivity index is 2.34. The first-order chi connectivity index (χ1) is 11.1. The lowest BCUT2D eigenvalue weighted by Gasteiger charge is -2.13. The molecule has 3 nitrogen and oxygen atoms in total. The lowest BCUT2D eigenvalue weighted by molar-refractivity contribution is -0.141. The first-order valence-corrected chi connectivity index (χ1v) is 6.68. The predicted molar refractivity (Wildman–Crippen MR) is 73.2 cm³/mol. The molecule has 24 heavy (non-hydrogen) atoms. The van der Waals surface area contributed by atoms with Crippen LogP contribution in [0.15, 0.2) is 36.5 Å². The lowest BCUT2D eigenvalue weighted by Crippen LogP contribution is -2.08. The van der Waals surface area contributed by atoms with Crippen LogP contribution in [0.3, 0.4) is 0 Å². The molecule has 0 spiro atoms. The van der Waals surface area contributed by atoms with Crippen molar-refractivity contribution >= 4 is 5.65 Å². The molecule has 0 aliphatic carbocycles. The minimum Gasteiger partial charge on any atom is -0.222 e. The molecule has 0 N–H and O–H groups in total. The van der Waals surface area contributed by atoms with Gasteiger partial charge in [-0.1, -0.05) is 18.2 Å². The smallest absolute Gasteiger partial charge is 0.222 e. The summed E-state index contributed by atoms with van der Waals surface area (Å²) in [6, 6.07) is 5.94. The third-order valence-electron chi connectivity index (χ3n) is 3.36. The van der Waals surface area contributed by atoms with Gasteiger partial charge in [0, 0.05) is 5.56 Å². The molecule has 0 saturated heterocycles. The Bertz CT molecular complexity index is 908. The summed E-state index contributed by atoms with van der Waals surface area (Å²) >= 11 is 0. The van der Waals surface area contributed by atoms with E-state index in [2.05, 4.69) is 10.1 Å². The Hall–Kier alpha value is -2.58. The Morgan fingerprint density at radius 1 is 0.917 bits per heavy atom. The second-order valence-corrected chi connectivity index (χ2v) is 5.13. The van der Waals surface area contributed by atoms with Crippen LogP contribution < -0.4 is 0 Å². The number of imidazole rings is 1. The van der Waals surface area contributed by atoms with Crippen LogP contribution in [0.1, 0.15) is 17.0 Å². The van der Waals surface area contributed by atoms with Crippen LogP contribution in [-0.4, -0.2) is 14.6 Å². The molecule has 0 aliphatic rings. The summed E-state index contributed by atoms with van der Waals surface area (Å²) in [6.45, 7) is 1.48. The molecule has 0 atom stereocenters. The minimum atomic E-state index is -4.72. The van der Waals surface area contributed by atoms with Gasteiger partial charge in [0.05, 0.1) is 17.5 Å². The van der Waals surface area contributed by atoms with Crippen LogP contribution in [0.2, 0.25) is 0 Å². The average molecular weight is 345 g/mol. The van der Waals surface area contributed by atoms with Gasteiger partial charge in [-0.15, -0.1) is 0 Å². The number of hydrogen-bond donors (Lipinski definition) is 0. The normalized spacial score (nSPS) is 12.8. The molecular formula is C15H9F6N3. The van der Waals surface area contributed by atoms with Gasteiger partial charge in [-0.25, -0.2) is 9.50 Å². The lowest BCUT2D eigenvalue weighted by atomic mass is 10.00. The van der Waals surface area contributed by atoms with E-state index in [-0.39, 0.29) is 22.5 Å². The monoisotopic (exact) mass is 345 g/mol. The number of halogens is 6. The Labute approximate surface area is 131 Å². The molecule has 0 radical (unpaired) electrons. The molecular weight excluding hydrogens is 336 g/mol. The SMILES string of the molecule is Cc1cc(-c2ccccc2C(F)(F)F)c2nc(C(F)(F)F)cn2n1. The second-order valence-electron chi connectivity index (χ2n) is 5.13. The summed E-state index contributed by atoms with van der Waals surface area (Å²) in [6.07, 6.45) is -8.71. The van der Waals surface area contributed by atoms with Gasteiger partial charge in [0.15, 0.2) is 11.3 Å². The van der Waals surface area contributed by atoms with Crippen molar-refractivity contribution in [3.05, 3.63) is 53.5 Å². The molecule has 1 aromatic carbocycles. The third-order valence-corrected chi connectivity index (χ3v) is 3.36. The van der Waals surface area contributed by atoms with Crippen LogP contribution in [0.5, 0.6) is 0 Å². The molecule has 0 amide bonds. The molecule has 126 valence electrons.